The van der Waals surface area contributed by atoms with Gasteiger partial charge in [0.15, 0.2) is 0 Å². The van der Waals surface area contributed by atoms with Gasteiger partial charge in [-0.05, 0) is 35.7 Å². The molecule has 2 amide bonds. The fourth-order valence-corrected chi connectivity index (χ4v) is 4.49. The van der Waals surface area contributed by atoms with Gasteiger partial charge in [-0.3, -0.25) is 9.59 Å². The predicted octanol–water partition coefficient (Wildman–Crippen LogP) is 3.19. The van der Waals surface area contributed by atoms with E-state index in [9.17, 15) is 18.0 Å². The Kier molecular flexibility index (Phi) is 9.82. The van der Waals surface area contributed by atoms with Gasteiger partial charge in [0.25, 0.3) is 0 Å². The topological polar surface area (TPSA) is 96.0 Å². The molecule has 8 nitrogen and oxygen atoms in total. The number of nitrogens with zero attached hydrogens (tertiary/aromatic N) is 2. The van der Waals surface area contributed by atoms with Crippen LogP contribution in [0.3, 0.4) is 0 Å². The standard InChI is InChI=1S/C28H33N3O5S/c1-22(28(33)29-18-23-14-16-26(36-2)17-15-23)31(20-25-12-8-5-9-13-25)27(32)21-30(37(3,34)35)19-24-10-6-4-7-11-24/h4-17,22H,18-21H2,1-3H3,(H,29,33)/t22-/m1/s1. The van der Waals surface area contributed by atoms with Gasteiger partial charge in [0.1, 0.15) is 11.8 Å². The fourth-order valence-electron chi connectivity index (χ4n) is 3.76. The van der Waals surface area contributed by atoms with Crippen LogP contribution in [0.1, 0.15) is 23.6 Å². The van der Waals surface area contributed by atoms with Gasteiger partial charge >= 0.3 is 0 Å². The van der Waals surface area contributed by atoms with E-state index in [2.05, 4.69) is 5.32 Å². The normalized spacial score (nSPS) is 12.1. The number of amides is 2. The first-order valence-corrected chi connectivity index (χ1v) is 13.8. The number of sulfonamides is 1. The molecule has 1 atom stereocenters. The molecule has 0 saturated heterocycles. The molecule has 3 aromatic rings. The van der Waals surface area contributed by atoms with Crippen LogP contribution in [0.2, 0.25) is 0 Å². The molecule has 1 N–H and O–H groups in total. The van der Waals surface area contributed by atoms with Crippen molar-refractivity contribution >= 4 is 21.8 Å². The number of hydrogen-bond donors (Lipinski definition) is 1. The molecule has 0 bridgehead atoms. The van der Waals surface area contributed by atoms with E-state index in [1.807, 2.05) is 72.8 Å². The van der Waals surface area contributed by atoms with E-state index < -0.39 is 22.0 Å². The van der Waals surface area contributed by atoms with E-state index in [4.69, 9.17) is 4.74 Å². The molecule has 0 aromatic heterocycles. The monoisotopic (exact) mass is 523 g/mol. The number of nitrogens with one attached hydrogen (secondary N) is 1. The predicted molar refractivity (Wildman–Crippen MR) is 143 cm³/mol. The van der Waals surface area contributed by atoms with Crippen LogP contribution in [0.15, 0.2) is 84.9 Å². The minimum absolute atomic E-state index is 0.0582. The molecule has 0 heterocycles. The highest BCUT2D eigenvalue weighted by Gasteiger charge is 2.29. The van der Waals surface area contributed by atoms with Crippen LogP contribution >= 0.6 is 0 Å². The zero-order valence-corrected chi connectivity index (χ0v) is 22.1. The van der Waals surface area contributed by atoms with Crippen LogP contribution in [-0.4, -0.2) is 55.4 Å². The van der Waals surface area contributed by atoms with E-state index in [0.717, 1.165) is 27.3 Å². The SMILES string of the molecule is COc1ccc(CNC(=O)[C@@H](C)N(Cc2ccccc2)C(=O)CN(Cc2ccccc2)S(C)(=O)=O)cc1. The third kappa shape index (κ3) is 8.44. The number of ether oxygens (including phenoxy) is 1. The first kappa shape index (κ1) is 27.9. The molecule has 0 aliphatic rings. The Morgan fingerprint density at radius 3 is 1.89 bits per heavy atom. The lowest BCUT2D eigenvalue weighted by Gasteiger charge is -2.31. The molecular weight excluding hydrogens is 490 g/mol. The summed E-state index contributed by atoms with van der Waals surface area (Å²) in [6, 6.07) is 24.9. The number of carbonyl (C=O) groups excluding carboxylic acids is 2. The molecule has 0 saturated carbocycles. The molecule has 0 spiro atoms. The Bertz CT molecular complexity index is 1270. The van der Waals surface area contributed by atoms with E-state index >= 15 is 0 Å². The van der Waals surface area contributed by atoms with Gasteiger partial charge in [-0.25, -0.2) is 8.42 Å². The fraction of sp³-hybridized carbons (Fsp3) is 0.286. The highest BCUT2D eigenvalue weighted by atomic mass is 32.2. The summed E-state index contributed by atoms with van der Waals surface area (Å²) in [7, 11) is -2.10. The first-order valence-electron chi connectivity index (χ1n) is 11.9. The molecule has 0 aliphatic heterocycles. The lowest BCUT2D eigenvalue weighted by Crippen LogP contribution is -2.50. The van der Waals surface area contributed by atoms with Crippen LogP contribution < -0.4 is 10.1 Å². The van der Waals surface area contributed by atoms with Gasteiger partial charge in [0.05, 0.1) is 19.9 Å². The van der Waals surface area contributed by atoms with Crippen molar-refractivity contribution in [3.05, 3.63) is 102 Å². The van der Waals surface area contributed by atoms with E-state index in [0.29, 0.717) is 5.75 Å². The third-order valence-corrected chi connectivity index (χ3v) is 7.17. The molecule has 0 radical (unpaired) electrons. The highest BCUT2D eigenvalue weighted by molar-refractivity contribution is 7.88. The second kappa shape index (κ2) is 13.0. The Morgan fingerprint density at radius 1 is 0.838 bits per heavy atom. The van der Waals surface area contributed by atoms with Gasteiger partial charge in [0, 0.05) is 19.6 Å². The number of hydrogen-bond acceptors (Lipinski definition) is 5. The summed E-state index contributed by atoms with van der Waals surface area (Å²) in [5, 5.41) is 2.88. The second-order valence-electron chi connectivity index (χ2n) is 8.77. The van der Waals surface area contributed by atoms with Gasteiger partial charge in [0.2, 0.25) is 21.8 Å². The lowest BCUT2D eigenvalue weighted by atomic mass is 10.1. The first-order chi connectivity index (χ1) is 17.7. The van der Waals surface area contributed by atoms with E-state index in [-0.39, 0.29) is 32.1 Å². The van der Waals surface area contributed by atoms with Crippen LogP contribution in [0.25, 0.3) is 0 Å². The zero-order chi connectivity index (χ0) is 26.8. The molecule has 196 valence electrons. The van der Waals surface area contributed by atoms with E-state index in [1.54, 1.807) is 26.2 Å². The molecule has 9 heteroatoms. The van der Waals surface area contributed by atoms with Gasteiger partial charge in [-0.1, -0.05) is 72.8 Å². The number of benzene rings is 3. The Morgan fingerprint density at radius 2 is 1.38 bits per heavy atom. The molecule has 0 unspecified atom stereocenters. The summed E-state index contributed by atoms with van der Waals surface area (Å²) in [4.78, 5) is 28.0. The minimum atomic E-state index is -3.69. The minimum Gasteiger partial charge on any atom is -0.497 e. The van der Waals surface area contributed by atoms with Crippen molar-refractivity contribution in [2.24, 2.45) is 0 Å². The summed E-state index contributed by atoms with van der Waals surface area (Å²) < 4.78 is 31.3. The largest absolute Gasteiger partial charge is 0.497 e. The van der Waals surface area contributed by atoms with Crippen molar-refractivity contribution in [2.75, 3.05) is 19.9 Å². The molecule has 3 rings (SSSR count). The smallest absolute Gasteiger partial charge is 0.242 e. The van der Waals surface area contributed by atoms with Crippen LogP contribution in [0.5, 0.6) is 5.75 Å². The van der Waals surface area contributed by atoms with Crippen LogP contribution in [0, 0.1) is 0 Å². The summed E-state index contributed by atoms with van der Waals surface area (Å²) in [6.07, 6.45) is 1.08. The maximum Gasteiger partial charge on any atom is 0.242 e. The maximum absolute atomic E-state index is 13.5. The number of carbonyl (C=O) groups is 2. The average Bonchev–Trinajstić information content (AvgIpc) is 2.90. The Hall–Kier alpha value is -3.69. The van der Waals surface area contributed by atoms with Crippen molar-refractivity contribution < 1.29 is 22.7 Å². The van der Waals surface area contributed by atoms with Crippen molar-refractivity contribution in [3.63, 3.8) is 0 Å². The van der Waals surface area contributed by atoms with Gasteiger partial charge in [-0.2, -0.15) is 4.31 Å². The van der Waals surface area contributed by atoms with E-state index in [1.165, 1.54) is 4.90 Å². The maximum atomic E-state index is 13.5. The molecule has 3 aromatic carbocycles. The quantitative estimate of drug-likeness (QED) is 0.393. The lowest BCUT2D eigenvalue weighted by molar-refractivity contribution is -0.140. The molecule has 37 heavy (non-hydrogen) atoms. The zero-order valence-electron chi connectivity index (χ0n) is 21.3. The highest BCUT2D eigenvalue weighted by Crippen LogP contribution is 2.15. The molecule has 0 fully saturated rings. The summed E-state index contributed by atoms with van der Waals surface area (Å²) in [5.74, 6) is -0.0830. The van der Waals surface area contributed by atoms with Gasteiger partial charge < -0.3 is 15.0 Å². The number of rotatable bonds is 12. The third-order valence-electron chi connectivity index (χ3n) is 5.97. The van der Waals surface area contributed by atoms with Gasteiger partial charge in [-0.15, -0.1) is 0 Å². The number of methoxy groups -OCH3 is 1. The van der Waals surface area contributed by atoms with Crippen molar-refractivity contribution in [2.45, 2.75) is 32.6 Å². The van der Waals surface area contributed by atoms with Crippen molar-refractivity contribution in [1.82, 2.24) is 14.5 Å². The Balaban J connectivity index is 1.77. The summed E-state index contributed by atoms with van der Waals surface area (Å²) in [6.45, 7) is 1.77. The summed E-state index contributed by atoms with van der Waals surface area (Å²) in [5.41, 5.74) is 2.48. The van der Waals surface area contributed by atoms with Crippen LogP contribution in [-0.2, 0) is 39.2 Å². The molecular formula is C28H33N3O5S. The molecule has 0 aliphatic carbocycles. The second-order valence-corrected chi connectivity index (χ2v) is 10.7. The summed E-state index contributed by atoms with van der Waals surface area (Å²) >= 11 is 0. The van der Waals surface area contributed by atoms with Crippen molar-refractivity contribution in [3.8, 4) is 5.75 Å². The van der Waals surface area contributed by atoms with Crippen LogP contribution in [0.4, 0.5) is 0 Å². The average molecular weight is 524 g/mol. The van der Waals surface area contributed by atoms with Crippen molar-refractivity contribution in [1.29, 1.82) is 0 Å². The Labute approximate surface area is 218 Å².